The summed E-state index contributed by atoms with van der Waals surface area (Å²) in [6.07, 6.45) is 5.24. The molecule has 36 heteroatoms. The zero-order valence-corrected chi connectivity index (χ0v) is 59.0. The van der Waals surface area contributed by atoms with Gasteiger partial charge in [0.25, 0.3) is 30.6 Å². The number of aromatic nitrogens is 3. The van der Waals surface area contributed by atoms with Gasteiger partial charge in [-0.3, -0.25) is 14.4 Å². The van der Waals surface area contributed by atoms with E-state index in [9.17, 15) is 52.8 Å². The molecule has 0 bridgehead atoms. The molecular weight excluding hydrogens is 1400 g/mol. The summed E-state index contributed by atoms with van der Waals surface area (Å²) >= 11 is 21.3. The van der Waals surface area contributed by atoms with Crippen LogP contribution in [-0.4, -0.2) is 145 Å². The summed E-state index contributed by atoms with van der Waals surface area (Å²) < 4.78 is 146. The first-order valence-electron chi connectivity index (χ1n) is 28.6. The lowest BCUT2D eigenvalue weighted by atomic mass is 10.1. The zero-order valence-electron chi connectivity index (χ0n) is 51.8. The maximum atomic E-state index is 13.4. The molecule has 3 aromatic heterocycles. The van der Waals surface area contributed by atoms with Crippen LogP contribution in [0.3, 0.4) is 0 Å². The molecule has 0 spiro atoms. The molecule has 6 N–H and O–H groups in total. The predicted molar refractivity (Wildman–Crippen MR) is 353 cm³/mol. The molecule has 3 amide bonds. The van der Waals surface area contributed by atoms with Gasteiger partial charge in [-0.25, -0.2) is 28.1 Å². The summed E-state index contributed by atoms with van der Waals surface area (Å²) in [5.74, 6) is -3.50. The molecule has 0 saturated carbocycles. The molecule has 0 radical (unpaired) electrons. The summed E-state index contributed by atoms with van der Waals surface area (Å²) in [6, 6.07) is 6.31. The van der Waals surface area contributed by atoms with E-state index in [4.69, 9.17) is 49.0 Å². The van der Waals surface area contributed by atoms with Crippen LogP contribution in [0.25, 0.3) is 0 Å². The van der Waals surface area contributed by atoms with Crippen LogP contribution >= 0.6 is 68.8 Å². The van der Waals surface area contributed by atoms with Crippen LogP contribution in [-0.2, 0) is 59.2 Å². The lowest BCUT2D eigenvalue weighted by Gasteiger charge is -2.38. The smallest absolute Gasteiger partial charge is 0.280 e. The lowest BCUT2D eigenvalue weighted by molar-refractivity contribution is -0.121. The molecule has 93 heavy (non-hydrogen) atoms. The van der Waals surface area contributed by atoms with Crippen LogP contribution in [0.2, 0.25) is 15.1 Å². The number of ether oxygens (including phenoxy) is 3. The van der Waals surface area contributed by atoms with E-state index < -0.39 is 119 Å². The van der Waals surface area contributed by atoms with Crippen LogP contribution in [0, 0.1) is 17.5 Å². The van der Waals surface area contributed by atoms with Crippen molar-refractivity contribution in [3.63, 3.8) is 0 Å². The Kier molecular flexibility index (Phi) is 26.0. The van der Waals surface area contributed by atoms with Crippen LogP contribution in [0.15, 0.2) is 89.3 Å². The normalized spacial score (nSPS) is 21.7. The second kappa shape index (κ2) is 32.0. The number of rotatable bonds is 18. The summed E-state index contributed by atoms with van der Waals surface area (Å²) in [4.78, 5) is 51.8. The van der Waals surface area contributed by atoms with E-state index in [1.165, 1.54) is 70.4 Å². The van der Waals surface area contributed by atoms with Gasteiger partial charge in [0.1, 0.15) is 50.6 Å². The fraction of sp³-hybridized carbons (Fsp3) is 0.474. The lowest BCUT2D eigenvalue weighted by Crippen LogP contribution is -2.58. The summed E-state index contributed by atoms with van der Waals surface area (Å²) in [5.41, 5.74) is -0.575. The molecule has 510 valence electrons. The number of nitrogens with one attached hydrogen (secondary N) is 6. The average molecular weight is 1470 g/mol. The third-order valence-corrected chi connectivity index (χ3v) is 21.9. The standard InChI is InChI=1S/3C19H24ClFN4O4S2/c3*1-19(2,3)29-8-7-25-16(17(26)23-12-4-5-14(21)13(20)10-12)11-15(24-31(25,27)28)18-22-6-9-30-18/h3*4-6,9-10,15-16,24H,7-8,11H2,1-3H3,(H,23,26)/t2*15-,16+;/m10./s1. The molecule has 6 heterocycles. The third-order valence-electron chi connectivity index (χ3n) is 13.5. The Morgan fingerprint density at radius 1 is 0.484 bits per heavy atom. The molecular formula is C57H72Cl3F3N12O12S6. The number of nitrogens with zero attached hydrogens (tertiary/aromatic N) is 6. The second-order valence-corrected chi connectivity index (χ2v) is 32.9. The van der Waals surface area contributed by atoms with E-state index >= 15 is 0 Å². The Bertz CT molecular complexity index is 3480. The van der Waals surface area contributed by atoms with Crippen molar-refractivity contribution in [1.82, 2.24) is 42.0 Å². The Hall–Kier alpha value is -4.89. The van der Waals surface area contributed by atoms with Gasteiger partial charge in [-0.2, -0.15) is 52.3 Å². The van der Waals surface area contributed by atoms with Gasteiger partial charge >= 0.3 is 0 Å². The van der Waals surface area contributed by atoms with Crippen molar-refractivity contribution in [2.24, 2.45) is 0 Å². The first-order chi connectivity index (χ1) is 43.4. The van der Waals surface area contributed by atoms with Gasteiger partial charge in [0, 0.05) is 71.4 Å². The number of carbonyl (C=O) groups excluding carboxylic acids is 3. The highest BCUT2D eigenvalue weighted by atomic mass is 35.5. The van der Waals surface area contributed by atoms with E-state index in [0.29, 0.717) is 15.0 Å². The van der Waals surface area contributed by atoms with Crippen molar-refractivity contribution < 1.29 is 67.0 Å². The minimum atomic E-state index is -3.99. The quantitative estimate of drug-likeness (QED) is 0.0466. The SMILES string of the molecule is CC(C)(C)OCCN1C(C(=O)Nc2ccc(F)c(Cl)c2)CC(c2nccs2)NS1(=O)=O.CC(C)(C)OCCN1[C@@H](C(=O)Nc2ccc(F)c(Cl)c2)C[C@@H](c2nccs2)NS1(=O)=O.CC(C)(C)OCCN1[C@H](C(=O)Nc2ccc(F)c(Cl)c2)C[C@H](c2nccs2)NS1(=O)=O. The fourth-order valence-corrected chi connectivity index (χ4v) is 16.8. The number of hydrogen-bond donors (Lipinski definition) is 6. The molecule has 0 aliphatic carbocycles. The molecule has 2 unspecified atom stereocenters. The molecule has 3 aliphatic heterocycles. The monoisotopic (exact) mass is 1470 g/mol. The molecule has 24 nitrogen and oxygen atoms in total. The minimum Gasteiger partial charge on any atom is -0.374 e. The topological polar surface area (TPSA) is 302 Å². The van der Waals surface area contributed by atoms with Gasteiger partial charge < -0.3 is 30.2 Å². The Morgan fingerprint density at radius 3 is 0.935 bits per heavy atom. The van der Waals surface area contributed by atoms with Crippen LogP contribution in [0.5, 0.6) is 0 Å². The van der Waals surface area contributed by atoms with Gasteiger partial charge in [0.2, 0.25) is 17.7 Å². The van der Waals surface area contributed by atoms with Crippen molar-refractivity contribution in [3.05, 3.63) is 137 Å². The fourth-order valence-electron chi connectivity index (χ4n) is 9.35. The Morgan fingerprint density at radius 2 is 0.731 bits per heavy atom. The maximum absolute atomic E-state index is 13.4. The van der Waals surface area contributed by atoms with Gasteiger partial charge in [-0.15, -0.1) is 34.0 Å². The van der Waals surface area contributed by atoms with Crippen molar-refractivity contribution >= 4 is 134 Å². The third kappa shape index (κ3) is 22.1. The zero-order chi connectivity index (χ0) is 68.4. The molecule has 6 aromatic rings. The Labute approximate surface area is 566 Å². The largest absolute Gasteiger partial charge is 0.374 e. The van der Waals surface area contributed by atoms with Crippen molar-refractivity contribution in [3.8, 4) is 0 Å². The van der Waals surface area contributed by atoms with E-state index in [1.54, 1.807) is 34.7 Å². The number of anilines is 3. The van der Waals surface area contributed by atoms with Gasteiger partial charge in [0.15, 0.2) is 0 Å². The molecule has 6 atom stereocenters. The van der Waals surface area contributed by atoms with E-state index in [0.717, 1.165) is 31.1 Å². The number of amides is 3. The van der Waals surface area contributed by atoms with Crippen LogP contribution < -0.4 is 30.1 Å². The first-order valence-corrected chi connectivity index (χ1v) is 36.7. The summed E-state index contributed by atoms with van der Waals surface area (Å²) in [7, 11) is -12.0. The highest BCUT2D eigenvalue weighted by Gasteiger charge is 2.47. The number of carbonyl (C=O) groups is 3. The molecule has 3 aromatic carbocycles. The van der Waals surface area contributed by atoms with Crippen molar-refractivity contribution in [2.45, 2.75) is 135 Å². The van der Waals surface area contributed by atoms with E-state index in [1.807, 2.05) is 62.3 Å². The summed E-state index contributed by atoms with van der Waals surface area (Å²) in [6.45, 7) is 17.0. The number of halogens is 6. The summed E-state index contributed by atoms with van der Waals surface area (Å²) in [5, 5.41) is 14.4. The molecule has 3 saturated heterocycles. The average Bonchev–Trinajstić information content (AvgIpc) is 1.27. The first kappa shape index (κ1) is 75.5. The number of benzene rings is 3. The number of thiazole rings is 3. The maximum Gasteiger partial charge on any atom is 0.280 e. The van der Waals surface area contributed by atoms with Gasteiger partial charge in [-0.05, 0) is 136 Å². The van der Waals surface area contributed by atoms with Gasteiger partial charge in [-0.1, -0.05) is 34.8 Å². The highest BCUT2D eigenvalue weighted by molar-refractivity contribution is 7.87. The van der Waals surface area contributed by atoms with Crippen LogP contribution in [0.4, 0.5) is 30.2 Å². The minimum absolute atomic E-state index is 0.0144. The molecule has 3 fully saturated rings. The van der Waals surface area contributed by atoms with Crippen molar-refractivity contribution in [1.29, 1.82) is 0 Å². The number of hydrogen-bond acceptors (Lipinski definition) is 18. The predicted octanol–water partition coefficient (Wildman–Crippen LogP) is 10.0. The Balaban J connectivity index is 0.000000198. The highest BCUT2D eigenvalue weighted by Crippen LogP contribution is 2.35. The molecule has 3 aliphatic rings. The van der Waals surface area contributed by atoms with E-state index in [-0.39, 0.29) is 90.8 Å². The van der Waals surface area contributed by atoms with Gasteiger partial charge in [0.05, 0.1) is 69.8 Å². The molecule has 9 rings (SSSR count). The van der Waals surface area contributed by atoms with E-state index in [2.05, 4.69) is 45.1 Å². The van der Waals surface area contributed by atoms with Crippen LogP contribution in [0.1, 0.15) is 115 Å². The second-order valence-electron chi connectivity index (χ2n) is 24.0. The van der Waals surface area contributed by atoms with Crippen molar-refractivity contribution in [2.75, 3.05) is 55.4 Å².